The predicted octanol–water partition coefficient (Wildman–Crippen LogP) is 2.82. The van der Waals surface area contributed by atoms with Gasteiger partial charge in [-0.2, -0.15) is 0 Å². The molecule has 1 aromatic rings. The summed E-state index contributed by atoms with van der Waals surface area (Å²) >= 11 is 0. The normalized spacial score (nSPS) is 24.9. The summed E-state index contributed by atoms with van der Waals surface area (Å²) in [7, 11) is 1.99. The summed E-state index contributed by atoms with van der Waals surface area (Å²) in [6.07, 6.45) is 1.18. The minimum Gasteiger partial charge on any atom is -0.319 e. The lowest BCUT2D eigenvalue weighted by Gasteiger charge is -2.31. The number of hydrogen-bond acceptors (Lipinski definition) is 2. The van der Waals surface area contributed by atoms with Gasteiger partial charge in [-0.05, 0) is 64.0 Å². The highest BCUT2D eigenvalue weighted by atomic mass is 19.1. The predicted molar refractivity (Wildman–Crippen MR) is 73.0 cm³/mol. The number of nitrogens with zero attached hydrogens (tertiary/aromatic N) is 1. The van der Waals surface area contributed by atoms with Crippen LogP contribution in [0.1, 0.15) is 31.9 Å². The molecule has 0 bridgehead atoms. The molecule has 18 heavy (non-hydrogen) atoms. The third-order valence-electron chi connectivity index (χ3n) is 3.88. The molecule has 0 saturated carbocycles. The van der Waals surface area contributed by atoms with Gasteiger partial charge < -0.3 is 5.32 Å². The van der Waals surface area contributed by atoms with Crippen LogP contribution in [0, 0.1) is 11.7 Å². The molecule has 1 fully saturated rings. The van der Waals surface area contributed by atoms with Gasteiger partial charge in [0.05, 0.1) is 0 Å². The van der Waals surface area contributed by atoms with E-state index in [4.69, 9.17) is 0 Å². The molecule has 2 nitrogen and oxygen atoms in total. The van der Waals surface area contributed by atoms with Crippen LogP contribution in [-0.4, -0.2) is 31.1 Å². The Bertz CT molecular complexity index is 392. The Hall–Kier alpha value is -0.930. The summed E-state index contributed by atoms with van der Waals surface area (Å²) in [5, 5.41) is 3.26. The van der Waals surface area contributed by atoms with Gasteiger partial charge in [0.1, 0.15) is 5.82 Å². The average molecular weight is 250 g/mol. The van der Waals surface area contributed by atoms with Crippen molar-refractivity contribution in [2.45, 2.75) is 32.4 Å². The van der Waals surface area contributed by atoms with Crippen molar-refractivity contribution in [3.8, 4) is 0 Å². The molecular formula is C15H23FN2. The van der Waals surface area contributed by atoms with Crippen LogP contribution >= 0.6 is 0 Å². The Morgan fingerprint density at radius 2 is 2.22 bits per heavy atom. The highest BCUT2D eigenvalue weighted by molar-refractivity contribution is 5.22. The van der Waals surface area contributed by atoms with Crippen LogP contribution in [0.2, 0.25) is 0 Å². The molecule has 3 heteroatoms. The fourth-order valence-corrected chi connectivity index (χ4v) is 3.09. The van der Waals surface area contributed by atoms with Crippen LogP contribution in [0.4, 0.5) is 4.39 Å². The Kier molecular flexibility index (Phi) is 4.36. The van der Waals surface area contributed by atoms with E-state index in [1.54, 1.807) is 6.07 Å². The zero-order chi connectivity index (χ0) is 13.1. The van der Waals surface area contributed by atoms with E-state index in [0.717, 1.165) is 18.7 Å². The van der Waals surface area contributed by atoms with Crippen molar-refractivity contribution in [1.82, 2.24) is 10.2 Å². The van der Waals surface area contributed by atoms with E-state index < -0.39 is 0 Å². The third-order valence-corrected chi connectivity index (χ3v) is 3.88. The molecule has 1 aliphatic rings. The molecular weight excluding hydrogens is 227 g/mol. The quantitative estimate of drug-likeness (QED) is 0.884. The van der Waals surface area contributed by atoms with Gasteiger partial charge in [0.25, 0.3) is 0 Å². The Morgan fingerprint density at radius 1 is 1.44 bits per heavy atom. The number of hydrogen-bond donors (Lipinski definition) is 1. The molecule has 1 saturated heterocycles. The fourth-order valence-electron chi connectivity index (χ4n) is 3.09. The molecule has 1 aliphatic heterocycles. The van der Waals surface area contributed by atoms with Crippen LogP contribution in [0.3, 0.4) is 0 Å². The van der Waals surface area contributed by atoms with Gasteiger partial charge >= 0.3 is 0 Å². The van der Waals surface area contributed by atoms with Crippen molar-refractivity contribution in [2.24, 2.45) is 5.92 Å². The summed E-state index contributed by atoms with van der Waals surface area (Å²) in [4.78, 5) is 2.48. The maximum atomic E-state index is 13.4. The lowest BCUT2D eigenvalue weighted by molar-refractivity contribution is 0.182. The number of halogens is 1. The molecule has 0 radical (unpaired) electrons. The van der Waals surface area contributed by atoms with Gasteiger partial charge in [-0.25, -0.2) is 4.39 Å². The molecule has 2 rings (SSSR count). The average Bonchev–Trinajstić information content (AvgIpc) is 2.73. The Balaban J connectivity index is 2.28. The van der Waals surface area contributed by atoms with E-state index in [0.29, 0.717) is 18.0 Å². The molecule has 1 aromatic carbocycles. The lowest BCUT2D eigenvalue weighted by Crippen LogP contribution is -2.33. The van der Waals surface area contributed by atoms with E-state index in [9.17, 15) is 4.39 Å². The first-order valence-corrected chi connectivity index (χ1v) is 6.79. The van der Waals surface area contributed by atoms with Crippen molar-refractivity contribution in [2.75, 3.05) is 20.1 Å². The SMILES string of the molecule is CNCC1CCN(C(C)C)C1c1cccc(F)c1. The maximum absolute atomic E-state index is 13.4. The molecule has 2 atom stereocenters. The summed E-state index contributed by atoms with van der Waals surface area (Å²) < 4.78 is 13.4. The second-order valence-corrected chi connectivity index (χ2v) is 5.44. The summed E-state index contributed by atoms with van der Waals surface area (Å²) in [6, 6.07) is 7.92. The number of rotatable bonds is 4. The highest BCUT2D eigenvalue weighted by Gasteiger charge is 2.35. The highest BCUT2D eigenvalue weighted by Crippen LogP contribution is 2.38. The second kappa shape index (κ2) is 5.81. The minimum atomic E-state index is -0.133. The van der Waals surface area contributed by atoms with E-state index >= 15 is 0 Å². The first-order valence-electron chi connectivity index (χ1n) is 6.79. The molecule has 1 N–H and O–H groups in total. The topological polar surface area (TPSA) is 15.3 Å². The van der Waals surface area contributed by atoms with Crippen molar-refractivity contribution in [3.05, 3.63) is 35.6 Å². The first kappa shape index (κ1) is 13.5. The van der Waals surface area contributed by atoms with Gasteiger partial charge in [0, 0.05) is 12.1 Å². The number of likely N-dealkylation sites (tertiary alicyclic amines) is 1. The van der Waals surface area contributed by atoms with Crippen LogP contribution in [0.15, 0.2) is 24.3 Å². The third kappa shape index (κ3) is 2.73. The van der Waals surface area contributed by atoms with Crippen molar-refractivity contribution in [1.29, 1.82) is 0 Å². The molecule has 100 valence electrons. The molecule has 0 aliphatic carbocycles. The van der Waals surface area contributed by atoms with E-state index in [-0.39, 0.29) is 5.82 Å². The summed E-state index contributed by atoms with van der Waals surface area (Å²) in [5.41, 5.74) is 1.11. The van der Waals surface area contributed by atoms with E-state index in [2.05, 4.69) is 30.1 Å². The zero-order valence-corrected chi connectivity index (χ0v) is 11.5. The fraction of sp³-hybridized carbons (Fsp3) is 0.600. The largest absolute Gasteiger partial charge is 0.319 e. The standard InChI is InChI=1S/C15H23FN2/c1-11(2)18-8-7-13(10-17-3)15(18)12-5-4-6-14(16)9-12/h4-6,9,11,13,15,17H,7-8,10H2,1-3H3. The van der Waals surface area contributed by atoms with Gasteiger partial charge in [-0.3, -0.25) is 4.90 Å². The van der Waals surface area contributed by atoms with Crippen molar-refractivity contribution >= 4 is 0 Å². The second-order valence-electron chi connectivity index (χ2n) is 5.44. The van der Waals surface area contributed by atoms with Crippen molar-refractivity contribution in [3.63, 3.8) is 0 Å². The van der Waals surface area contributed by atoms with Crippen LogP contribution in [-0.2, 0) is 0 Å². The van der Waals surface area contributed by atoms with E-state index in [1.807, 2.05) is 13.1 Å². The monoisotopic (exact) mass is 250 g/mol. The number of benzene rings is 1. The first-order chi connectivity index (χ1) is 8.63. The van der Waals surface area contributed by atoms with Crippen LogP contribution in [0.5, 0.6) is 0 Å². The summed E-state index contributed by atoms with van der Waals surface area (Å²) in [5.74, 6) is 0.436. The molecule has 2 unspecified atom stereocenters. The smallest absolute Gasteiger partial charge is 0.123 e. The van der Waals surface area contributed by atoms with Gasteiger partial charge in [0.2, 0.25) is 0 Å². The van der Waals surface area contributed by atoms with Crippen LogP contribution < -0.4 is 5.32 Å². The Labute approximate surface area is 109 Å². The molecule has 0 spiro atoms. The van der Waals surface area contributed by atoms with Gasteiger partial charge in [0.15, 0.2) is 0 Å². The minimum absolute atomic E-state index is 0.133. The van der Waals surface area contributed by atoms with E-state index in [1.165, 1.54) is 12.5 Å². The zero-order valence-electron chi connectivity index (χ0n) is 11.5. The molecule has 0 aromatic heterocycles. The van der Waals surface area contributed by atoms with Crippen molar-refractivity contribution < 1.29 is 4.39 Å². The lowest BCUT2D eigenvalue weighted by atomic mass is 9.93. The molecule has 1 heterocycles. The Morgan fingerprint density at radius 3 is 2.83 bits per heavy atom. The number of nitrogens with one attached hydrogen (secondary N) is 1. The van der Waals surface area contributed by atoms with Gasteiger partial charge in [-0.15, -0.1) is 0 Å². The van der Waals surface area contributed by atoms with Crippen LogP contribution in [0.25, 0.3) is 0 Å². The maximum Gasteiger partial charge on any atom is 0.123 e. The van der Waals surface area contributed by atoms with Gasteiger partial charge in [-0.1, -0.05) is 12.1 Å². The molecule has 0 amide bonds. The summed E-state index contributed by atoms with van der Waals surface area (Å²) in [6.45, 7) is 6.53.